The van der Waals surface area contributed by atoms with Crippen LogP contribution < -0.4 is 0 Å². The first-order valence-corrected chi connectivity index (χ1v) is 8.37. The molecular weight excluding hydrogens is 236 g/mol. The van der Waals surface area contributed by atoms with E-state index in [2.05, 4.69) is 13.8 Å². The minimum atomic E-state index is -0.337. The van der Waals surface area contributed by atoms with Gasteiger partial charge in [-0.05, 0) is 75.5 Å². The van der Waals surface area contributed by atoms with Gasteiger partial charge >= 0.3 is 0 Å². The van der Waals surface area contributed by atoms with E-state index in [1.807, 2.05) is 0 Å². The second-order valence-electron chi connectivity index (χ2n) is 7.34. The van der Waals surface area contributed by atoms with E-state index >= 15 is 0 Å². The molecule has 2 heteroatoms. The highest BCUT2D eigenvalue weighted by Gasteiger charge is 2.31. The molecule has 1 heterocycles. The van der Waals surface area contributed by atoms with E-state index < -0.39 is 0 Å². The van der Waals surface area contributed by atoms with Gasteiger partial charge in [-0.2, -0.15) is 0 Å². The van der Waals surface area contributed by atoms with E-state index in [9.17, 15) is 5.11 Å². The van der Waals surface area contributed by atoms with E-state index in [0.717, 1.165) is 50.2 Å². The van der Waals surface area contributed by atoms with Crippen LogP contribution in [0.15, 0.2) is 0 Å². The largest absolute Gasteiger partial charge is 0.390 e. The maximum Gasteiger partial charge on any atom is 0.0648 e. The smallest absolute Gasteiger partial charge is 0.0648 e. The zero-order valence-corrected chi connectivity index (χ0v) is 12.9. The molecule has 1 unspecified atom stereocenters. The molecule has 2 aliphatic rings. The van der Waals surface area contributed by atoms with Crippen LogP contribution in [0, 0.1) is 17.8 Å². The monoisotopic (exact) mass is 268 g/mol. The number of hydrogen-bond acceptors (Lipinski definition) is 2. The summed E-state index contributed by atoms with van der Waals surface area (Å²) >= 11 is 0. The van der Waals surface area contributed by atoms with Crippen LogP contribution in [-0.2, 0) is 4.74 Å². The minimum absolute atomic E-state index is 0.337. The maximum absolute atomic E-state index is 10.6. The molecule has 2 nitrogen and oxygen atoms in total. The van der Waals surface area contributed by atoms with E-state index in [4.69, 9.17) is 4.74 Å². The third kappa shape index (κ3) is 5.07. The van der Waals surface area contributed by atoms with Crippen LogP contribution in [-0.4, -0.2) is 23.9 Å². The van der Waals surface area contributed by atoms with Crippen LogP contribution in [0.2, 0.25) is 0 Å². The molecule has 2 rings (SSSR count). The Labute approximate surface area is 118 Å². The van der Waals surface area contributed by atoms with Gasteiger partial charge in [0.2, 0.25) is 0 Å². The fourth-order valence-corrected chi connectivity index (χ4v) is 3.73. The molecular formula is C17H32O2. The molecule has 0 aromatic carbocycles. The number of rotatable bonds is 5. The molecule has 0 amide bonds. The lowest BCUT2D eigenvalue weighted by Crippen LogP contribution is -2.34. The van der Waals surface area contributed by atoms with Crippen LogP contribution in [0.25, 0.3) is 0 Å². The molecule has 0 aromatic heterocycles. The summed E-state index contributed by atoms with van der Waals surface area (Å²) in [6.07, 6.45) is 10.5. The average Bonchev–Trinajstić information content (AvgIpc) is 2.42. The minimum Gasteiger partial charge on any atom is -0.390 e. The van der Waals surface area contributed by atoms with Gasteiger partial charge in [0.25, 0.3) is 0 Å². The fraction of sp³-hybridized carbons (Fsp3) is 1.00. The summed E-state index contributed by atoms with van der Waals surface area (Å²) in [5.74, 6) is 2.44. The molecule has 1 saturated heterocycles. The fourth-order valence-electron chi connectivity index (χ4n) is 3.73. The van der Waals surface area contributed by atoms with Crippen molar-refractivity contribution >= 4 is 0 Å². The van der Waals surface area contributed by atoms with Crippen molar-refractivity contribution in [2.45, 2.75) is 77.2 Å². The molecule has 19 heavy (non-hydrogen) atoms. The predicted molar refractivity (Wildman–Crippen MR) is 79.1 cm³/mol. The summed E-state index contributed by atoms with van der Waals surface area (Å²) in [6.45, 7) is 6.59. The van der Waals surface area contributed by atoms with Crippen LogP contribution in [0.4, 0.5) is 0 Å². The normalized spacial score (nSPS) is 35.2. The van der Waals surface area contributed by atoms with E-state index in [1.54, 1.807) is 0 Å². The standard InChI is InChI=1S/C17H32O2/c1-14-3-8-17(18,9-4-14)10-5-15(2)13-16-6-11-19-12-7-16/h14-16,18H,3-13H2,1-2H3. The number of ether oxygens (including phenoxy) is 1. The Balaban J connectivity index is 1.66. The van der Waals surface area contributed by atoms with Gasteiger partial charge in [0, 0.05) is 13.2 Å². The molecule has 1 aliphatic heterocycles. The Kier molecular flexibility index (Phi) is 5.70. The summed E-state index contributed by atoms with van der Waals surface area (Å²) < 4.78 is 5.42. The Hall–Kier alpha value is -0.0800. The lowest BCUT2D eigenvalue weighted by Gasteiger charge is -2.36. The highest BCUT2D eigenvalue weighted by Crippen LogP contribution is 2.36. The molecule has 2 fully saturated rings. The Morgan fingerprint density at radius 3 is 2.42 bits per heavy atom. The Morgan fingerprint density at radius 2 is 1.79 bits per heavy atom. The van der Waals surface area contributed by atoms with E-state index in [0.29, 0.717) is 0 Å². The van der Waals surface area contributed by atoms with Crippen molar-refractivity contribution in [2.24, 2.45) is 17.8 Å². The summed E-state index contributed by atoms with van der Waals surface area (Å²) in [4.78, 5) is 0. The first-order chi connectivity index (χ1) is 9.07. The molecule has 0 bridgehead atoms. The van der Waals surface area contributed by atoms with Gasteiger partial charge in [0.05, 0.1) is 5.60 Å². The van der Waals surface area contributed by atoms with Crippen LogP contribution >= 0.6 is 0 Å². The first kappa shape index (κ1) is 15.3. The quantitative estimate of drug-likeness (QED) is 0.811. The van der Waals surface area contributed by atoms with E-state index in [1.165, 1.54) is 38.5 Å². The third-order valence-corrected chi connectivity index (χ3v) is 5.38. The summed E-state index contributed by atoms with van der Waals surface area (Å²) in [7, 11) is 0. The molecule has 0 spiro atoms. The molecule has 0 radical (unpaired) electrons. The van der Waals surface area contributed by atoms with Crippen molar-refractivity contribution < 1.29 is 9.84 Å². The second-order valence-corrected chi connectivity index (χ2v) is 7.34. The first-order valence-electron chi connectivity index (χ1n) is 8.37. The third-order valence-electron chi connectivity index (χ3n) is 5.38. The van der Waals surface area contributed by atoms with Gasteiger partial charge < -0.3 is 9.84 Å². The highest BCUT2D eigenvalue weighted by molar-refractivity contribution is 4.85. The van der Waals surface area contributed by atoms with Crippen LogP contribution in [0.1, 0.15) is 71.6 Å². The maximum atomic E-state index is 10.6. The number of aliphatic hydroxyl groups is 1. The molecule has 1 aliphatic carbocycles. The SMILES string of the molecule is CC1CCC(O)(CCC(C)CC2CCOCC2)CC1. The van der Waals surface area contributed by atoms with Crippen LogP contribution in [0.3, 0.4) is 0 Å². The zero-order valence-electron chi connectivity index (χ0n) is 12.9. The van der Waals surface area contributed by atoms with Crippen molar-refractivity contribution in [3.05, 3.63) is 0 Å². The van der Waals surface area contributed by atoms with Crippen molar-refractivity contribution in [2.75, 3.05) is 13.2 Å². The highest BCUT2D eigenvalue weighted by atomic mass is 16.5. The topological polar surface area (TPSA) is 29.5 Å². The summed E-state index contributed by atoms with van der Waals surface area (Å²) in [5.41, 5.74) is -0.337. The van der Waals surface area contributed by atoms with Gasteiger partial charge in [0.1, 0.15) is 0 Å². The number of hydrogen-bond donors (Lipinski definition) is 1. The van der Waals surface area contributed by atoms with E-state index in [-0.39, 0.29) is 5.60 Å². The van der Waals surface area contributed by atoms with Crippen molar-refractivity contribution in [3.8, 4) is 0 Å². The molecule has 1 N–H and O–H groups in total. The summed E-state index contributed by atoms with van der Waals surface area (Å²) in [6, 6.07) is 0. The lowest BCUT2D eigenvalue weighted by molar-refractivity contribution is -0.0202. The van der Waals surface area contributed by atoms with Gasteiger partial charge in [-0.15, -0.1) is 0 Å². The van der Waals surface area contributed by atoms with Gasteiger partial charge in [-0.25, -0.2) is 0 Å². The van der Waals surface area contributed by atoms with Gasteiger partial charge in [0.15, 0.2) is 0 Å². The molecule has 0 aromatic rings. The Bertz CT molecular complexity index is 250. The lowest BCUT2D eigenvalue weighted by atomic mass is 9.75. The molecule has 112 valence electrons. The second kappa shape index (κ2) is 7.08. The van der Waals surface area contributed by atoms with Crippen molar-refractivity contribution in [1.29, 1.82) is 0 Å². The van der Waals surface area contributed by atoms with Gasteiger partial charge in [-0.1, -0.05) is 13.8 Å². The Morgan fingerprint density at radius 1 is 1.16 bits per heavy atom. The van der Waals surface area contributed by atoms with Crippen molar-refractivity contribution in [1.82, 2.24) is 0 Å². The van der Waals surface area contributed by atoms with Gasteiger partial charge in [-0.3, -0.25) is 0 Å². The predicted octanol–water partition coefficient (Wildman–Crippen LogP) is 4.16. The average molecular weight is 268 g/mol. The van der Waals surface area contributed by atoms with Crippen molar-refractivity contribution in [3.63, 3.8) is 0 Å². The molecule has 1 atom stereocenters. The molecule has 1 saturated carbocycles. The zero-order chi connectivity index (χ0) is 13.7. The van der Waals surface area contributed by atoms with Crippen LogP contribution in [0.5, 0.6) is 0 Å². The summed E-state index contributed by atoms with van der Waals surface area (Å²) in [5, 5.41) is 10.6.